The normalized spacial score (nSPS) is 17.2. The molecule has 110 valence electrons. The maximum absolute atomic E-state index is 12.2. The fourth-order valence-electron chi connectivity index (χ4n) is 2.27. The van der Waals surface area contributed by atoms with Crippen LogP contribution in [0.4, 0.5) is 5.69 Å². The number of sulfonamides is 1. The number of pyridine rings is 1. The molecule has 0 radical (unpaired) electrons. The predicted octanol–water partition coefficient (Wildman–Crippen LogP) is 0.946. The smallest absolute Gasteiger partial charge is 0.260 e. The number of hydrogen-bond acceptors (Lipinski definition) is 5. The van der Waals surface area contributed by atoms with Gasteiger partial charge < -0.3 is 10.5 Å². The van der Waals surface area contributed by atoms with Crippen molar-refractivity contribution >= 4 is 15.7 Å². The first-order chi connectivity index (χ1) is 10.1. The first-order valence-corrected chi connectivity index (χ1v) is 7.99. The number of nitrogens with zero attached hydrogens (tertiary/aromatic N) is 1. The van der Waals surface area contributed by atoms with E-state index in [1.165, 1.54) is 12.3 Å². The standard InChI is InChI=1S/C14H15N3O3S/c15-12-5-3-7-16-14(12)21(18,19)17-9-11-8-10-4-1-2-6-13(10)20-11/h1-7,11,17H,8-9,15H2. The van der Waals surface area contributed by atoms with E-state index in [4.69, 9.17) is 10.5 Å². The van der Waals surface area contributed by atoms with Gasteiger partial charge in [0.2, 0.25) is 0 Å². The van der Waals surface area contributed by atoms with E-state index in [-0.39, 0.29) is 23.4 Å². The Morgan fingerprint density at radius 2 is 2.10 bits per heavy atom. The topological polar surface area (TPSA) is 94.3 Å². The second kappa shape index (κ2) is 5.34. The van der Waals surface area contributed by atoms with Crippen molar-refractivity contribution in [2.45, 2.75) is 17.6 Å². The number of nitrogens with one attached hydrogen (secondary N) is 1. The van der Waals surface area contributed by atoms with Crippen LogP contribution in [0.3, 0.4) is 0 Å². The molecule has 0 saturated carbocycles. The number of rotatable bonds is 4. The van der Waals surface area contributed by atoms with Crippen molar-refractivity contribution in [2.75, 3.05) is 12.3 Å². The third-order valence-electron chi connectivity index (χ3n) is 3.27. The molecule has 3 rings (SSSR count). The van der Waals surface area contributed by atoms with Crippen molar-refractivity contribution in [3.8, 4) is 5.75 Å². The summed E-state index contributed by atoms with van der Waals surface area (Å²) in [5, 5.41) is -0.152. The number of benzene rings is 1. The number of aromatic nitrogens is 1. The van der Waals surface area contributed by atoms with Crippen LogP contribution in [0.25, 0.3) is 0 Å². The summed E-state index contributed by atoms with van der Waals surface area (Å²) in [5.41, 5.74) is 6.85. The molecule has 2 heterocycles. The number of ether oxygens (including phenoxy) is 1. The summed E-state index contributed by atoms with van der Waals surface area (Å²) in [6.07, 6.45) is 1.85. The summed E-state index contributed by atoms with van der Waals surface area (Å²) in [4.78, 5) is 3.82. The van der Waals surface area contributed by atoms with Crippen molar-refractivity contribution in [1.29, 1.82) is 0 Å². The van der Waals surface area contributed by atoms with Crippen molar-refractivity contribution in [3.05, 3.63) is 48.2 Å². The van der Waals surface area contributed by atoms with Crippen molar-refractivity contribution in [2.24, 2.45) is 0 Å². The van der Waals surface area contributed by atoms with Gasteiger partial charge in [0.25, 0.3) is 10.0 Å². The molecule has 7 heteroatoms. The van der Waals surface area contributed by atoms with Crippen LogP contribution in [0.2, 0.25) is 0 Å². The molecular formula is C14H15N3O3S. The lowest BCUT2D eigenvalue weighted by Gasteiger charge is -2.12. The Balaban J connectivity index is 1.68. The third kappa shape index (κ3) is 2.84. The molecule has 0 spiro atoms. The summed E-state index contributed by atoms with van der Waals surface area (Å²) in [5.74, 6) is 0.805. The van der Waals surface area contributed by atoms with Gasteiger partial charge in [-0.15, -0.1) is 0 Å². The molecule has 1 atom stereocenters. The fraction of sp³-hybridized carbons (Fsp3) is 0.214. The number of anilines is 1. The van der Waals surface area contributed by atoms with Gasteiger partial charge in [-0.25, -0.2) is 18.1 Å². The quantitative estimate of drug-likeness (QED) is 0.877. The molecule has 1 aromatic carbocycles. The van der Waals surface area contributed by atoms with Crippen molar-refractivity contribution in [3.63, 3.8) is 0 Å². The molecule has 1 unspecified atom stereocenters. The molecule has 1 aliphatic rings. The maximum Gasteiger partial charge on any atom is 0.260 e. The minimum absolute atomic E-state index is 0.126. The largest absolute Gasteiger partial charge is 0.488 e. The SMILES string of the molecule is Nc1cccnc1S(=O)(=O)NCC1Cc2ccccc2O1. The Labute approximate surface area is 123 Å². The van der Waals surface area contributed by atoms with Gasteiger partial charge in [-0.05, 0) is 23.8 Å². The lowest BCUT2D eigenvalue weighted by Crippen LogP contribution is -2.35. The van der Waals surface area contributed by atoms with E-state index >= 15 is 0 Å². The highest BCUT2D eigenvalue weighted by atomic mass is 32.2. The zero-order valence-corrected chi connectivity index (χ0v) is 12.0. The average molecular weight is 305 g/mol. The Hall–Kier alpha value is -2.12. The first kappa shape index (κ1) is 13.8. The molecule has 0 amide bonds. The van der Waals surface area contributed by atoms with Crippen molar-refractivity contribution < 1.29 is 13.2 Å². The predicted molar refractivity (Wildman–Crippen MR) is 78.4 cm³/mol. The van der Waals surface area contributed by atoms with E-state index in [0.717, 1.165) is 11.3 Å². The fourth-order valence-corrected chi connectivity index (χ4v) is 3.39. The van der Waals surface area contributed by atoms with Crippen molar-refractivity contribution in [1.82, 2.24) is 9.71 Å². The van der Waals surface area contributed by atoms with E-state index in [1.54, 1.807) is 6.07 Å². The van der Waals surface area contributed by atoms with Crippen LogP contribution in [0.15, 0.2) is 47.6 Å². The highest BCUT2D eigenvalue weighted by Crippen LogP contribution is 2.28. The molecule has 0 fully saturated rings. The second-order valence-electron chi connectivity index (χ2n) is 4.80. The van der Waals surface area contributed by atoms with Crippen LogP contribution in [-0.4, -0.2) is 26.1 Å². The number of fused-ring (bicyclic) bond motifs is 1. The summed E-state index contributed by atoms with van der Waals surface area (Å²) < 4.78 is 32.5. The van der Waals surface area contributed by atoms with Crippen LogP contribution in [-0.2, 0) is 16.4 Å². The number of nitrogen functional groups attached to an aromatic ring is 1. The Bertz CT molecular complexity index is 737. The van der Waals surface area contributed by atoms with Crippen LogP contribution < -0.4 is 15.2 Å². The van der Waals surface area contributed by atoms with Gasteiger partial charge in [-0.1, -0.05) is 18.2 Å². The monoisotopic (exact) mass is 305 g/mol. The number of nitrogens with two attached hydrogens (primary N) is 1. The Kier molecular flexibility index (Phi) is 3.52. The van der Waals surface area contributed by atoms with Crippen LogP contribution in [0.1, 0.15) is 5.56 Å². The molecule has 21 heavy (non-hydrogen) atoms. The number of para-hydroxylation sites is 1. The van der Waals surface area contributed by atoms with E-state index in [9.17, 15) is 8.42 Å². The van der Waals surface area contributed by atoms with Crippen LogP contribution in [0.5, 0.6) is 5.75 Å². The second-order valence-corrected chi connectivity index (χ2v) is 6.48. The molecule has 1 aliphatic heterocycles. The van der Waals surface area contributed by atoms with E-state index in [2.05, 4.69) is 9.71 Å². The van der Waals surface area contributed by atoms with Crippen LogP contribution >= 0.6 is 0 Å². The van der Waals surface area contributed by atoms with Gasteiger partial charge in [-0.2, -0.15) is 0 Å². The lowest BCUT2D eigenvalue weighted by molar-refractivity contribution is 0.236. The van der Waals surface area contributed by atoms with Gasteiger partial charge >= 0.3 is 0 Å². The highest BCUT2D eigenvalue weighted by Gasteiger charge is 2.25. The summed E-state index contributed by atoms with van der Waals surface area (Å²) in [6.45, 7) is 0.174. The molecule has 1 aromatic heterocycles. The first-order valence-electron chi connectivity index (χ1n) is 6.51. The lowest BCUT2D eigenvalue weighted by atomic mass is 10.1. The summed E-state index contributed by atoms with van der Waals surface area (Å²) in [6, 6.07) is 10.8. The molecular weight excluding hydrogens is 290 g/mol. The van der Waals surface area contributed by atoms with E-state index in [1.807, 2.05) is 24.3 Å². The molecule has 0 aliphatic carbocycles. The summed E-state index contributed by atoms with van der Waals surface area (Å²) >= 11 is 0. The van der Waals surface area contributed by atoms with E-state index in [0.29, 0.717) is 6.42 Å². The van der Waals surface area contributed by atoms with Gasteiger partial charge in [-0.3, -0.25) is 0 Å². The molecule has 3 N–H and O–H groups in total. The highest BCUT2D eigenvalue weighted by molar-refractivity contribution is 7.89. The third-order valence-corrected chi connectivity index (χ3v) is 4.67. The van der Waals surface area contributed by atoms with Gasteiger partial charge in [0.1, 0.15) is 11.9 Å². The molecule has 2 aromatic rings. The zero-order valence-electron chi connectivity index (χ0n) is 11.2. The molecule has 0 bridgehead atoms. The Morgan fingerprint density at radius 1 is 1.29 bits per heavy atom. The van der Waals surface area contributed by atoms with Crippen LogP contribution in [0, 0.1) is 0 Å². The Morgan fingerprint density at radius 3 is 2.86 bits per heavy atom. The van der Waals surface area contributed by atoms with Gasteiger partial charge in [0.05, 0.1) is 5.69 Å². The molecule has 6 nitrogen and oxygen atoms in total. The minimum Gasteiger partial charge on any atom is -0.488 e. The minimum atomic E-state index is -3.73. The zero-order chi connectivity index (χ0) is 14.9. The van der Waals surface area contributed by atoms with Gasteiger partial charge in [0, 0.05) is 19.2 Å². The average Bonchev–Trinajstić information content (AvgIpc) is 2.88. The van der Waals surface area contributed by atoms with E-state index < -0.39 is 10.0 Å². The summed E-state index contributed by atoms with van der Waals surface area (Å²) in [7, 11) is -3.73. The maximum atomic E-state index is 12.2. The number of hydrogen-bond donors (Lipinski definition) is 2. The molecule has 0 saturated heterocycles. The van der Waals surface area contributed by atoms with Gasteiger partial charge in [0.15, 0.2) is 5.03 Å².